The monoisotopic (exact) mass is 288 g/mol. The summed E-state index contributed by atoms with van der Waals surface area (Å²) in [5.41, 5.74) is -0.0859. The first-order valence-corrected chi connectivity index (χ1v) is 7.69. The lowest BCUT2D eigenvalue weighted by atomic mass is 10.2. The molecule has 1 N–H and O–H groups in total. The highest BCUT2D eigenvalue weighted by molar-refractivity contribution is 8.00. The van der Waals surface area contributed by atoms with Gasteiger partial charge in [-0.1, -0.05) is 24.9 Å². The summed E-state index contributed by atoms with van der Waals surface area (Å²) in [7, 11) is 0. The van der Waals surface area contributed by atoms with Crippen LogP contribution in [0.15, 0.2) is 9.59 Å². The van der Waals surface area contributed by atoms with Gasteiger partial charge in [0.15, 0.2) is 0 Å². The second kappa shape index (κ2) is 5.97. The second-order valence-corrected chi connectivity index (χ2v) is 6.31. The molecule has 4 nitrogen and oxygen atoms in total. The van der Waals surface area contributed by atoms with Crippen molar-refractivity contribution in [3.63, 3.8) is 0 Å². The van der Waals surface area contributed by atoms with E-state index in [1.54, 1.807) is 0 Å². The number of rotatable bonds is 4. The van der Waals surface area contributed by atoms with E-state index >= 15 is 0 Å². The molecule has 0 aromatic carbocycles. The molecular weight excluding hydrogens is 272 g/mol. The number of aromatic amines is 1. The molecular formula is C12H17ClN2O2S. The van der Waals surface area contributed by atoms with Crippen LogP contribution >= 0.6 is 23.4 Å². The maximum absolute atomic E-state index is 12.2. The topological polar surface area (TPSA) is 54.9 Å². The first kappa shape index (κ1) is 13.7. The number of hydrogen-bond donors (Lipinski definition) is 1. The van der Waals surface area contributed by atoms with Crippen LogP contribution in [0.4, 0.5) is 0 Å². The summed E-state index contributed by atoms with van der Waals surface area (Å²) >= 11 is 7.76. The quantitative estimate of drug-likeness (QED) is 0.863. The zero-order valence-corrected chi connectivity index (χ0v) is 11.9. The molecule has 2 heterocycles. The lowest BCUT2D eigenvalue weighted by Gasteiger charge is -2.12. The summed E-state index contributed by atoms with van der Waals surface area (Å²) in [6.07, 6.45) is 3.67. The van der Waals surface area contributed by atoms with Crippen molar-refractivity contribution < 1.29 is 0 Å². The fraction of sp³-hybridized carbons (Fsp3) is 0.667. The molecule has 0 saturated carbocycles. The largest absolute Gasteiger partial charge is 0.329 e. The van der Waals surface area contributed by atoms with Gasteiger partial charge in [0.2, 0.25) is 0 Å². The molecule has 0 radical (unpaired) electrons. The van der Waals surface area contributed by atoms with Crippen molar-refractivity contribution >= 4 is 23.4 Å². The molecule has 1 saturated heterocycles. The van der Waals surface area contributed by atoms with Gasteiger partial charge < -0.3 is 0 Å². The van der Waals surface area contributed by atoms with Crippen LogP contribution in [0.5, 0.6) is 0 Å². The molecule has 1 aliphatic heterocycles. The molecule has 6 heteroatoms. The van der Waals surface area contributed by atoms with Crippen LogP contribution in [0.3, 0.4) is 0 Å². The van der Waals surface area contributed by atoms with E-state index in [4.69, 9.17) is 11.6 Å². The molecule has 1 fully saturated rings. The van der Waals surface area contributed by atoms with Crippen molar-refractivity contribution in [1.29, 1.82) is 0 Å². The van der Waals surface area contributed by atoms with Crippen molar-refractivity contribution in [2.45, 2.75) is 44.4 Å². The molecule has 1 aromatic rings. The van der Waals surface area contributed by atoms with Crippen LogP contribution in [-0.4, -0.2) is 20.6 Å². The molecule has 1 unspecified atom stereocenters. The number of H-pyrrole nitrogens is 1. The number of halogens is 1. The van der Waals surface area contributed by atoms with E-state index < -0.39 is 5.69 Å². The molecule has 1 aliphatic rings. The lowest BCUT2D eigenvalue weighted by Crippen LogP contribution is -2.39. The van der Waals surface area contributed by atoms with E-state index in [9.17, 15) is 9.59 Å². The van der Waals surface area contributed by atoms with E-state index in [1.165, 1.54) is 4.57 Å². The van der Waals surface area contributed by atoms with Gasteiger partial charge in [0, 0.05) is 11.8 Å². The van der Waals surface area contributed by atoms with Gasteiger partial charge in [-0.2, -0.15) is 11.8 Å². The van der Waals surface area contributed by atoms with Crippen LogP contribution in [0.25, 0.3) is 0 Å². The van der Waals surface area contributed by atoms with Crippen molar-refractivity contribution in [3.05, 3.63) is 31.6 Å². The average Bonchev–Trinajstić information content (AvgIpc) is 2.83. The lowest BCUT2D eigenvalue weighted by molar-refractivity contribution is 0.583. The van der Waals surface area contributed by atoms with Gasteiger partial charge in [-0.15, -0.1) is 0 Å². The molecule has 1 aromatic heterocycles. The van der Waals surface area contributed by atoms with Crippen molar-refractivity contribution in [2.24, 2.45) is 0 Å². The van der Waals surface area contributed by atoms with Crippen molar-refractivity contribution in [1.82, 2.24) is 9.55 Å². The smallest absolute Gasteiger partial charge is 0.297 e. The summed E-state index contributed by atoms with van der Waals surface area (Å²) in [5.74, 6) is 1.12. The predicted molar refractivity (Wildman–Crippen MR) is 75.8 cm³/mol. The highest BCUT2D eigenvalue weighted by Gasteiger charge is 2.19. The predicted octanol–water partition coefficient (Wildman–Crippen LogP) is 2.04. The van der Waals surface area contributed by atoms with Crippen LogP contribution in [0.1, 0.15) is 31.7 Å². The Morgan fingerprint density at radius 1 is 1.50 bits per heavy atom. The molecule has 0 spiro atoms. The second-order valence-electron chi connectivity index (χ2n) is 4.52. The SMILES string of the molecule is CCCc1c(Cl)[nH]c(=O)n(CC2CCCS2)c1=O. The Morgan fingerprint density at radius 3 is 2.89 bits per heavy atom. The Balaban J connectivity index is 2.36. The molecule has 2 rings (SSSR count). The number of nitrogens with one attached hydrogen (secondary N) is 1. The van der Waals surface area contributed by atoms with Gasteiger partial charge in [-0.25, -0.2) is 4.79 Å². The summed E-state index contributed by atoms with van der Waals surface area (Å²) < 4.78 is 1.31. The minimum Gasteiger partial charge on any atom is -0.297 e. The van der Waals surface area contributed by atoms with Crippen LogP contribution < -0.4 is 11.2 Å². The average molecular weight is 289 g/mol. The Labute approximate surface area is 115 Å². The third-order valence-corrected chi connectivity index (χ3v) is 4.84. The number of hydrogen-bond acceptors (Lipinski definition) is 3. The highest BCUT2D eigenvalue weighted by atomic mass is 35.5. The van der Waals surface area contributed by atoms with Gasteiger partial charge in [0.1, 0.15) is 5.15 Å². The van der Waals surface area contributed by atoms with E-state index in [1.807, 2.05) is 18.7 Å². The molecule has 100 valence electrons. The third kappa shape index (κ3) is 2.83. The molecule has 0 amide bonds. The fourth-order valence-electron chi connectivity index (χ4n) is 2.21. The van der Waals surface area contributed by atoms with Gasteiger partial charge in [-0.3, -0.25) is 14.3 Å². The summed E-state index contributed by atoms with van der Waals surface area (Å²) in [6, 6.07) is 0. The standard InChI is InChI=1S/C12H17ClN2O2S/c1-2-4-9-10(13)14-12(17)15(11(9)16)7-8-5-3-6-18-8/h8H,2-7H2,1H3,(H,14,17). The zero-order chi connectivity index (χ0) is 13.1. The molecule has 18 heavy (non-hydrogen) atoms. The molecule has 0 bridgehead atoms. The van der Waals surface area contributed by atoms with E-state index in [0.717, 1.165) is 25.0 Å². The van der Waals surface area contributed by atoms with Crippen molar-refractivity contribution in [2.75, 3.05) is 5.75 Å². The third-order valence-electron chi connectivity index (χ3n) is 3.14. The van der Waals surface area contributed by atoms with Gasteiger partial charge in [0.25, 0.3) is 5.56 Å². The fourth-order valence-corrected chi connectivity index (χ4v) is 3.72. The van der Waals surface area contributed by atoms with Crippen LogP contribution in [-0.2, 0) is 13.0 Å². The minimum absolute atomic E-state index is 0.196. The minimum atomic E-state index is -0.391. The highest BCUT2D eigenvalue weighted by Crippen LogP contribution is 2.26. The summed E-state index contributed by atoms with van der Waals surface area (Å²) in [6.45, 7) is 2.48. The first-order valence-electron chi connectivity index (χ1n) is 6.26. The maximum atomic E-state index is 12.2. The van der Waals surface area contributed by atoms with E-state index in [-0.39, 0.29) is 10.7 Å². The maximum Gasteiger partial charge on any atom is 0.329 e. The Morgan fingerprint density at radius 2 is 2.28 bits per heavy atom. The normalized spacial score (nSPS) is 19.3. The molecule has 1 atom stereocenters. The zero-order valence-electron chi connectivity index (χ0n) is 10.4. The van der Waals surface area contributed by atoms with E-state index in [2.05, 4.69) is 4.98 Å². The first-order chi connectivity index (χ1) is 8.63. The number of aromatic nitrogens is 2. The van der Waals surface area contributed by atoms with Gasteiger partial charge in [-0.05, 0) is 25.0 Å². The van der Waals surface area contributed by atoms with E-state index in [0.29, 0.717) is 23.8 Å². The van der Waals surface area contributed by atoms with Gasteiger partial charge in [0.05, 0.1) is 5.56 Å². The Bertz CT molecular complexity index is 532. The Kier molecular flexibility index (Phi) is 4.56. The summed E-state index contributed by atoms with van der Waals surface area (Å²) in [5, 5.41) is 0.571. The van der Waals surface area contributed by atoms with Crippen molar-refractivity contribution in [3.8, 4) is 0 Å². The molecule has 0 aliphatic carbocycles. The number of nitrogens with zero attached hydrogens (tertiary/aromatic N) is 1. The summed E-state index contributed by atoms with van der Waals surface area (Å²) in [4.78, 5) is 26.6. The van der Waals surface area contributed by atoms with Gasteiger partial charge >= 0.3 is 5.69 Å². The number of thioether (sulfide) groups is 1. The Hall–Kier alpha value is -0.680. The van der Waals surface area contributed by atoms with Crippen LogP contribution in [0, 0.1) is 0 Å². The van der Waals surface area contributed by atoms with Crippen LogP contribution in [0.2, 0.25) is 5.15 Å².